The Labute approximate surface area is 282 Å². The first-order valence-corrected chi connectivity index (χ1v) is 16.5. The van der Waals surface area contributed by atoms with Crippen LogP contribution in [-0.4, -0.2) is 27.0 Å². The minimum absolute atomic E-state index is 0.150. The van der Waals surface area contributed by atoms with E-state index >= 15 is 0 Å². The number of carbonyl (C=O) groups is 2. The summed E-state index contributed by atoms with van der Waals surface area (Å²) in [6.07, 6.45) is 0. The van der Waals surface area contributed by atoms with Crippen LogP contribution in [0, 0.1) is 12.7 Å². The fourth-order valence-electron chi connectivity index (χ4n) is 4.92. The van der Waals surface area contributed by atoms with Crippen molar-refractivity contribution in [1.29, 1.82) is 0 Å². The summed E-state index contributed by atoms with van der Waals surface area (Å²) in [5.74, 6) is -1.62. The first kappa shape index (κ1) is 31.7. The summed E-state index contributed by atoms with van der Waals surface area (Å²) in [5, 5.41) is 21.1. The minimum Gasteiger partial charge on any atom is -0.507 e. The Morgan fingerprint density at radius 3 is 2.43 bits per heavy atom. The van der Waals surface area contributed by atoms with E-state index in [1.165, 1.54) is 40.9 Å². The van der Waals surface area contributed by atoms with Gasteiger partial charge in [-0.05, 0) is 77.7 Å². The number of hydrogen-bond donors (Lipinski definition) is 1. The monoisotopic (exact) mass is 691 g/mol. The molecule has 1 amide bonds. The lowest BCUT2D eigenvalue weighted by atomic mass is 9.95. The van der Waals surface area contributed by atoms with Crippen molar-refractivity contribution in [1.82, 2.24) is 10.2 Å². The number of halogens is 3. The van der Waals surface area contributed by atoms with E-state index in [2.05, 4.69) is 10.2 Å². The van der Waals surface area contributed by atoms with E-state index in [9.17, 15) is 19.1 Å². The summed E-state index contributed by atoms with van der Waals surface area (Å²) in [4.78, 5) is 28.2. The van der Waals surface area contributed by atoms with Gasteiger partial charge in [-0.3, -0.25) is 14.5 Å². The average Bonchev–Trinajstić information content (AvgIpc) is 3.62. The Bertz CT molecular complexity index is 1970. The molecule has 6 rings (SSSR count). The van der Waals surface area contributed by atoms with Crippen LogP contribution in [0.5, 0.6) is 5.75 Å². The number of carbonyl (C=O) groups excluding carboxylic acids is 2. The summed E-state index contributed by atoms with van der Waals surface area (Å²) in [6, 6.07) is 24.0. The molecule has 2 heterocycles. The van der Waals surface area contributed by atoms with Crippen LogP contribution in [0.25, 0.3) is 5.76 Å². The minimum atomic E-state index is -1.07. The largest absolute Gasteiger partial charge is 0.507 e. The molecule has 1 N–H and O–H groups in total. The summed E-state index contributed by atoms with van der Waals surface area (Å²) >= 11 is 14.8. The molecule has 232 valence electrons. The number of aromatic nitrogens is 2. The highest BCUT2D eigenvalue weighted by atomic mass is 35.5. The number of rotatable bonds is 9. The Hall–Kier alpha value is -4.22. The zero-order valence-corrected chi connectivity index (χ0v) is 27.3. The zero-order chi connectivity index (χ0) is 32.4. The molecule has 1 saturated heterocycles. The third-order valence-corrected chi connectivity index (χ3v) is 10.1. The zero-order valence-electron chi connectivity index (χ0n) is 24.1. The first-order valence-electron chi connectivity index (χ1n) is 13.9. The second-order valence-electron chi connectivity index (χ2n) is 10.3. The molecular formula is C34H24Cl2FN3O4S2. The standard InChI is InChI=1S/C34H24Cl2FN3O4S2/c1-19-4-2-3-5-22(19)17-44-26-14-9-21(10-15-26)30(41)28-29(20-7-12-25(37)13-8-20)40(32(43)31(28)42)33-38-39-34(46-33)45-18-23-6-11-24(35)16-27(23)36/h2-16,29,41H,17-18H2,1H3/b30-28+. The number of aliphatic hydroxyl groups is 1. The van der Waals surface area contributed by atoms with Crippen molar-refractivity contribution in [2.45, 2.75) is 29.7 Å². The molecule has 1 fully saturated rings. The van der Waals surface area contributed by atoms with E-state index < -0.39 is 23.5 Å². The molecule has 1 atom stereocenters. The van der Waals surface area contributed by atoms with E-state index in [1.807, 2.05) is 37.3 Å². The lowest BCUT2D eigenvalue weighted by Crippen LogP contribution is -2.29. The molecule has 1 aromatic heterocycles. The number of aliphatic hydroxyl groups excluding tert-OH is 1. The number of ether oxygens (including phenoxy) is 1. The van der Waals surface area contributed by atoms with Gasteiger partial charge in [-0.25, -0.2) is 4.39 Å². The summed E-state index contributed by atoms with van der Waals surface area (Å²) in [5.41, 5.74) is 3.56. The van der Waals surface area contributed by atoms with Crippen molar-refractivity contribution in [3.8, 4) is 5.75 Å². The number of hydrogen-bond acceptors (Lipinski definition) is 8. The maximum absolute atomic E-state index is 13.9. The maximum atomic E-state index is 13.9. The van der Waals surface area contributed by atoms with Crippen LogP contribution in [-0.2, 0) is 21.9 Å². The quantitative estimate of drug-likeness (QED) is 0.0543. The van der Waals surface area contributed by atoms with Gasteiger partial charge in [-0.15, -0.1) is 10.2 Å². The van der Waals surface area contributed by atoms with Crippen LogP contribution in [0.1, 0.15) is 33.9 Å². The first-order chi connectivity index (χ1) is 22.2. The molecule has 0 radical (unpaired) electrons. The van der Waals surface area contributed by atoms with Crippen LogP contribution in [0.15, 0.2) is 101 Å². The van der Waals surface area contributed by atoms with Crippen LogP contribution in [0.4, 0.5) is 9.52 Å². The SMILES string of the molecule is Cc1ccccc1COc1ccc(/C(O)=C2\C(=O)C(=O)N(c3nnc(SCc4ccc(Cl)cc4Cl)s3)C2c2ccc(F)cc2)cc1. The van der Waals surface area contributed by atoms with E-state index in [0.717, 1.165) is 28.0 Å². The molecule has 4 aromatic carbocycles. The van der Waals surface area contributed by atoms with Gasteiger partial charge in [0.25, 0.3) is 5.78 Å². The van der Waals surface area contributed by atoms with Gasteiger partial charge in [0.05, 0.1) is 11.6 Å². The Morgan fingerprint density at radius 1 is 0.978 bits per heavy atom. The molecule has 0 bridgehead atoms. The molecule has 0 spiro atoms. The maximum Gasteiger partial charge on any atom is 0.301 e. The number of aryl methyl sites for hydroxylation is 1. The second kappa shape index (κ2) is 13.6. The highest BCUT2D eigenvalue weighted by Gasteiger charge is 2.48. The van der Waals surface area contributed by atoms with Crippen molar-refractivity contribution in [3.05, 3.63) is 140 Å². The summed E-state index contributed by atoms with van der Waals surface area (Å²) < 4.78 is 20.4. The smallest absolute Gasteiger partial charge is 0.301 e. The van der Waals surface area contributed by atoms with Crippen molar-refractivity contribution < 1.29 is 23.8 Å². The molecular weight excluding hydrogens is 668 g/mol. The number of nitrogens with zero attached hydrogens (tertiary/aromatic N) is 3. The lowest BCUT2D eigenvalue weighted by Gasteiger charge is -2.22. The number of amides is 1. The number of ketones is 1. The fourth-order valence-corrected chi connectivity index (χ4v) is 7.35. The van der Waals surface area contributed by atoms with Gasteiger partial charge >= 0.3 is 5.91 Å². The van der Waals surface area contributed by atoms with Crippen molar-refractivity contribution in [3.63, 3.8) is 0 Å². The van der Waals surface area contributed by atoms with Gasteiger partial charge in [0.15, 0.2) is 4.34 Å². The molecule has 1 aliphatic heterocycles. The molecule has 0 aliphatic carbocycles. The van der Waals surface area contributed by atoms with Gasteiger partial charge in [-0.2, -0.15) is 0 Å². The fraction of sp³-hybridized carbons (Fsp3) is 0.118. The summed E-state index contributed by atoms with van der Waals surface area (Å²) in [7, 11) is 0. The molecule has 0 saturated carbocycles. The number of benzene rings is 4. The topological polar surface area (TPSA) is 92.6 Å². The van der Waals surface area contributed by atoms with Crippen LogP contribution in [0.3, 0.4) is 0 Å². The van der Waals surface area contributed by atoms with Gasteiger partial charge in [0.2, 0.25) is 5.13 Å². The predicted octanol–water partition coefficient (Wildman–Crippen LogP) is 8.79. The third-order valence-electron chi connectivity index (χ3n) is 7.38. The third kappa shape index (κ3) is 6.66. The van der Waals surface area contributed by atoms with E-state index in [-0.39, 0.29) is 16.5 Å². The normalized spacial score (nSPS) is 15.8. The molecule has 1 unspecified atom stereocenters. The molecule has 5 aromatic rings. The average molecular weight is 693 g/mol. The molecule has 1 aliphatic rings. The highest BCUT2D eigenvalue weighted by molar-refractivity contribution is 8.00. The van der Waals surface area contributed by atoms with E-state index in [0.29, 0.717) is 43.6 Å². The highest BCUT2D eigenvalue weighted by Crippen LogP contribution is 2.44. The number of anilines is 1. The van der Waals surface area contributed by atoms with E-state index in [4.69, 9.17) is 27.9 Å². The Morgan fingerprint density at radius 2 is 1.72 bits per heavy atom. The molecule has 46 heavy (non-hydrogen) atoms. The van der Waals surface area contributed by atoms with E-state index in [1.54, 1.807) is 36.4 Å². The number of thioether (sulfide) groups is 1. The van der Waals surface area contributed by atoms with Crippen molar-refractivity contribution >= 4 is 68.9 Å². The Kier molecular flexibility index (Phi) is 9.42. The lowest BCUT2D eigenvalue weighted by molar-refractivity contribution is -0.132. The van der Waals surface area contributed by atoms with Crippen molar-refractivity contribution in [2.24, 2.45) is 0 Å². The van der Waals surface area contributed by atoms with Gasteiger partial charge < -0.3 is 9.84 Å². The number of Topliss-reactive ketones (excluding diaryl/α,β-unsaturated/α-hetero) is 1. The Balaban J connectivity index is 1.29. The molecule has 12 heteroatoms. The van der Waals surface area contributed by atoms with Gasteiger partial charge in [-0.1, -0.05) is 88.8 Å². The van der Waals surface area contributed by atoms with Gasteiger partial charge in [0.1, 0.15) is 23.9 Å². The van der Waals surface area contributed by atoms with Crippen LogP contribution in [0.2, 0.25) is 10.0 Å². The predicted molar refractivity (Wildman–Crippen MR) is 179 cm³/mol. The van der Waals surface area contributed by atoms with Gasteiger partial charge in [0, 0.05) is 21.4 Å². The molecule has 7 nitrogen and oxygen atoms in total. The van der Waals surface area contributed by atoms with Crippen molar-refractivity contribution in [2.75, 3.05) is 4.90 Å². The van der Waals surface area contributed by atoms with Crippen LogP contribution >= 0.6 is 46.3 Å². The van der Waals surface area contributed by atoms with Crippen LogP contribution < -0.4 is 9.64 Å². The second-order valence-corrected chi connectivity index (χ2v) is 13.4. The summed E-state index contributed by atoms with van der Waals surface area (Å²) in [6.45, 7) is 2.37.